The van der Waals surface area contributed by atoms with Gasteiger partial charge in [0.05, 0.1) is 11.7 Å². The second-order valence-corrected chi connectivity index (χ2v) is 6.76. The van der Waals surface area contributed by atoms with Crippen molar-refractivity contribution in [2.45, 2.75) is 26.5 Å². The van der Waals surface area contributed by atoms with Gasteiger partial charge in [0.15, 0.2) is 5.65 Å². The van der Waals surface area contributed by atoms with Crippen LogP contribution >= 0.6 is 0 Å². The van der Waals surface area contributed by atoms with Crippen LogP contribution in [-0.4, -0.2) is 25.5 Å². The van der Waals surface area contributed by atoms with Crippen molar-refractivity contribution >= 4 is 11.6 Å². The standard InChI is InChI=1S/C22H21N5O2/c1-15(25-22(28)20-16(2)26-27-12-4-11-24-21(20)27)18-6-8-19(9-7-18)29-14-17-5-3-10-23-13-17/h3-13,15H,14H2,1-2H3,(H,25,28). The number of hydrogen-bond donors (Lipinski definition) is 1. The highest BCUT2D eigenvalue weighted by Crippen LogP contribution is 2.20. The van der Waals surface area contributed by atoms with Crippen LogP contribution in [-0.2, 0) is 6.61 Å². The zero-order valence-electron chi connectivity index (χ0n) is 16.2. The largest absolute Gasteiger partial charge is 0.489 e. The molecule has 4 rings (SSSR count). The molecule has 0 aliphatic rings. The highest BCUT2D eigenvalue weighted by Gasteiger charge is 2.20. The van der Waals surface area contributed by atoms with Crippen LogP contribution in [0.3, 0.4) is 0 Å². The van der Waals surface area contributed by atoms with E-state index >= 15 is 0 Å². The Morgan fingerprint density at radius 2 is 2.00 bits per heavy atom. The summed E-state index contributed by atoms with van der Waals surface area (Å²) in [6, 6.07) is 13.2. The molecule has 1 N–H and O–H groups in total. The van der Waals surface area contributed by atoms with Gasteiger partial charge < -0.3 is 10.1 Å². The lowest BCUT2D eigenvalue weighted by atomic mass is 10.1. The average molecular weight is 387 g/mol. The fourth-order valence-corrected chi connectivity index (χ4v) is 3.12. The monoisotopic (exact) mass is 387 g/mol. The number of benzene rings is 1. The van der Waals surface area contributed by atoms with Crippen molar-refractivity contribution in [3.63, 3.8) is 0 Å². The van der Waals surface area contributed by atoms with Crippen molar-refractivity contribution in [2.75, 3.05) is 0 Å². The first kappa shape index (κ1) is 18.6. The van der Waals surface area contributed by atoms with Gasteiger partial charge in [-0.2, -0.15) is 5.10 Å². The van der Waals surface area contributed by atoms with E-state index in [9.17, 15) is 4.79 Å². The number of aromatic nitrogens is 4. The first-order valence-electron chi connectivity index (χ1n) is 9.34. The van der Waals surface area contributed by atoms with E-state index in [0.717, 1.165) is 16.9 Å². The summed E-state index contributed by atoms with van der Waals surface area (Å²) in [6.45, 7) is 4.21. The predicted octanol–water partition coefficient (Wildman–Crippen LogP) is 3.50. The summed E-state index contributed by atoms with van der Waals surface area (Å²) in [7, 11) is 0. The molecule has 0 fully saturated rings. The Kier molecular flexibility index (Phi) is 5.20. The summed E-state index contributed by atoms with van der Waals surface area (Å²) in [4.78, 5) is 21.2. The highest BCUT2D eigenvalue weighted by atomic mass is 16.5. The lowest BCUT2D eigenvalue weighted by molar-refractivity contribution is 0.0940. The van der Waals surface area contributed by atoms with Crippen LogP contribution in [0.25, 0.3) is 5.65 Å². The molecule has 0 saturated carbocycles. The van der Waals surface area contributed by atoms with Crippen molar-refractivity contribution in [1.82, 2.24) is 24.9 Å². The number of carbonyl (C=O) groups is 1. The van der Waals surface area contributed by atoms with E-state index in [-0.39, 0.29) is 11.9 Å². The summed E-state index contributed by atoms with van der Waals surface area (Å²) >= 11 is 0. The lowest BCUT2D eigenvalue weighted by Gasteiger charge is -2.15. The summed E-state index contributed by atoms with van der Waals surface area (Å²) in [5, 5.41) is 7.37. The molecule has 3 aromatic heterocycles. The van der Waals surface area contributed by atoms with Crippen molar-refractivity contribution in [3.8, 4) is 5.75 Å². The van der Waals surface area contributed by atoms with E-state index in [0.29, 0.717) is 23.5 Å². The van der Waals surface area contributed by atoms with E-state index in [2.05, 4.69) is 20.4 Å². The van der Waals surface area contributed by atoms with Gasteiger partial charge in [-0.05, 0) is 43.7 Å². The van der Waals surface area contributed by atoms with Crippen LogP contribution < -0.4 is 10.1 Å². The summed E-state index contributed by atoms with van der Waals surface area (Å²) in [6.07, 6.45) is 6.95. The minimum Gasteiger partial charge on any atom is -0.489 e. The minimum absolute atomic E-state index is 0.173. The minimum atomic E-state index is -0.194. The fourth-order valence-electron chi connectivity index (χ4n) is 3.12. The van der Waals surface area contributed by atoms with Gasteiger partial charge in [0.1, 0.15) is 17.9 Å². The third-order valence-electron chi connectivity index (χ3n) is 4.65. The molecule has 1 unspecified atom stereocenters. The van der Waals surface area contributed by atoms with Gasteiger partial charge in [-0.3, -0.25) is 9.78 Å². The lowest BCUT2D eigenvalue weighted by Crippen LogP contribution is -2.27. The number of ether oxygens (including phenoxy) is 1. The zero-order chi connectivity index (χ0) is 20.2. The molecule has 1 atom stereocenters. The van der Waals surface area contributed by atoms with Crippen molar-refractivity contribution in [3.05, 3.63) is 89.6 Å². The van der Waals surface area contributed by atoms with E-state index in [1.54, 1.807) is 35.4 Å². The smallest absolute Gasteiger partial charge is 0.257 e. The Morgan fingerprint density at radius 1 is 1.17 bits per heavy atom. The van der Waals surface area contributed by atoms with Crippen LogP contribution in [0.1, 0.15) is 40.1 Å². The second-order valence-electron chi connectivity index (χ2n) is 6.76. The predicted molar refractivity (Wildman–Crippen MR) is 109 cm³/mol. The van der Waals surface area contributed by atoms with E-state index in [1.165, 1.54) is 0 Å². The molecule has 0 aliphatic carbocycles. The molecule has 0 saturated heterocycles. The molecule has 29 heavy (non-hydrogen) atoms. The molecule has 0 aliphatic heterocycles. The topological polar surface area (TPSA) is 81.4 Å². The summed E-state index contributed by atoms with van der Waals surface area (Å²) in [5.41, 5.74) is 3.68. The molecule has 7 heteroatoms. The zero-order valence-corrected chi connectivity index (χ0v) is 16.2. The van der Waals surface area contributed by atoms with Gasteiger partial charge in [-0.25, -0.2) is 9.50 Å². The summed E-state index contributed by atoms with van der Waals surface area (Å²) < 4.78 is 7.40. The molecule has 0 radical (unpaired) electrons. The number of pyridine rings is 1. The van der Waals surface area contributed by atoms with Crippen molar-refractivity contribution < 1.29 is 9.53 Å². The molecular formula is C22H21N5O2. The van der Waals surface area contributed by atoms with Crippen LogP contribution in [0.15, 0.2) is 67.3 Å². The van der Waals surface area contributed by atoms with E-state index in [4.69, 9.17) is 4.74 Å². The molecule has 3 heterocycles. The Labute approximate surface area is 168 Å². The van der Waals surface area contributed by atoms with Crippen LogP contribution in [0, 0.1) is 6.92 Å². The second kappa shape index (κ2) is 8.10. The number of carbonyl (C=O) groups excluding carboxylic acids is 1. The van der Waals surface area contributed by atoms with Gasteiger partial charge in [0.2, 0.25) is 0 Å². The van der Waals surface area contributed by atoms with Gasteiger partial charge in [-0.15, -0.1) is 0 Å². The third-order valence-corrected chi connectivity index (χ3v) is 4.65. The molecule has 7 nitrogen and oxygen atoms in total. The fraction of sp³-hybridized carbons (Fsp3) is 0.182. The molecule has 1 aromatic carbocycles. The van der Waals surface area contributed by atoms with Crippen molar-refractivity contribution in [2.24, 2.45) is 0 Å². The number of fused-ring (bicyclic) bond motifs is 1. The highest BCUT2D eigenvalue weighted by molar-refractivity contribution is 6.01. The number of amides is 1. The molecular weight excluding hydrogens is 366 g/mol. The molecule has 0 bridgehead atoms. The van der Waals surface area contributed by atoms with Gasteiger partial charge in [0.25, 0.3) is 5.91 Å². The number of nitrogens with zero attached hydrogens (tertiary/aromatic N) is 4. The van der Waals surface area contributed by atoms with E-state index in [1.807, 2.05) is 50.2 Å². The molecule has 4 aromatic rings. The van der Waals surface area contributed by atoms with Gasteiger partial charge in [-0.1, -0.05) is 18.2 Å². The molecule has 146 valence electrons. The van der Waals surface area contributed by atoms with Crippen LogP contribution in [0.5, 0.6) is 5.75 Å². The maximum absolute atomic E-state index is 12.8. The van der Waals surface area contributed by atoms with Gasteiger partial charge in [0, 0.05) is 30.4 Å². The third kappa shape index (κ3) is 4.08. The van der Waals surface area contributed by atoms with Crippen molar-refractivity contribution in [1.29, 1.82) is 0 Å². The normalized spacial score (nSPS) is 11.9. The SMILES string of the molecule is Cc1nn2cccnc2c1C(=O)NC(C)c1ccc(OCc2cccnc2)cc1. The van der Waals surface area contributed by atoms with Crippen LogP contribution in [0.4, 0.5) is 0 Å². The van der Waals surface area contributed by atoms with E-state index < -0.39 is 0 Å². The maximum atomic E-state index is 12.8. The number of hydrogen-bond acceptors (Lipinski definition) is 5. The number of nitrogens with one attached hydrogen (secondary N) is 1. The molecule has 1 amide bonds. The first-order chi connectivity index (χ1) is 14.1. The maximum Gasteiger partial charge on any atom is 0.257 e. The average Bonchev–Trinajstić information content (AvgIpc) is 3.09. The quantitative estimate of drug-likeness (QED) is 0.548. The summed E-state index contributed by atoms with van der Waals surface area (Å²) in [5.74, 6) is 0.569. The van der Waals surface area contributed by atoms with Crippen LogP contribution in [0.2, 0.25) is 0 Å². The van der Waals surface area contributed by atoms with Gasteiger partial charge >= 0.3 is 0 Å². The Morgan fingerprint density at radius 3 is 2.76 bits per heavy atom. The molecule has 0 spiro atoms. The number of rotatable bonds is 6. The Hall–Kier alpha value is -3.74. The Balaban J connectivity index is 1.42. The first-order valence-corrected chi connectivity index (χ1v) is 9.34. The Bertz CT molecular complexity index is 1120. The number of aryl methyl sites for hydroxylation is 1.